The molecule has 8 aliphatic carbocycles. The second kappa shape index (κ2) is 15.7. The van der Waals surface area contributed by atoms with Crippen LogP contribution in [0.2, 0.25) is 0 Å². The molecule has 0 amide bonds. The minimum Gasteiger partial charge on any atom is -0.449 e. The first-order valence-corrected chi connectivity index (χ1v) is 24.9. The van der Waals surface area contributed by atoms with Crippen molar-refractivity contribution < 1.29 is 66.0 Å². The topological polar surface area (TPSA) is 161 Å². The molecule has 8 rings (SSSR count). The van der Waals surface area contributed by atoms with Gasteiger partial charge in [0.2, 0.25) is 10.2 Å². The van der Waals surface area contributed by atoms with E-state index in [2.05, 4.69) is 0 Å². The third-order valence-electron chi connectivity index (χ3n) is 18.5. The van der Waals surface area contributed by atoms with Crippen LogP contribution in [0, 0.1) is 57.2 Å². The van der Waals surface area contributed by atoms with Gasteiger partial charge in [-0.1, -0.05) is 77.2 Å². The van der Waals surface area contributed by atoms with E-state index in [4.69, 9.17) is 9.47 Å². The Bertz CT molecular complexity index is 2100. The van der Waals surface area contributed by atoms with Crippen LogP contribution in [-0.2, 0) is 38.2 Å². The fraction of sp³-hybridized carbons (Fsp3) is 0.714. The number of thioether (sulfide) groups is 2. The Balaban J connectivity index is 1.10. The zero-order chi connectivity index (χ0) is 47.8. The van der Waals surface area contributed by atoms with E-state index in [-0.39, 0.29) is 67.6 Å². The molecule has 0 heterocycles. The highest BCUT2D eigenvalue weighted by atomic mass is 32.2. The maximum Gasteiger partial charge on any atom is 0.306 e. The molecule has 0 radical (unpaired) electrons. The van der Waals surface area contributed by atoms with Gasteiger partial charge in [0.25, 0.3) is 0 Å². The summed E-state index contributed by atoms with van der Waals surface area (Å²) in [4.78, 5) is 81.5. The Morgan fingerprint density at radius 3 is 1.34 bits per heavy atom. The molecule has 0 saturated heterocycles. The Morgan fingerprint density at radius 2 is 1.00 bits per heavy atom. The van der Waals surface area contributed by atoms with E-state index in [1.54, 1.807) is 41.5 Å². The third kappa shape index (κ3) is 6.05. The van der Waals surface area contributed by atoms with Gasteiger partial charge in [0.05, 0.1) is 17.3 Å². The number of ketones is 2. The normalized spacial score (nSPS) is 49.3. The van der Waals surface area contributed by atoms with Gasteiger partial charge in [-0.2, -0.15) is 0 Å². The van der Waals surface area contributed by atoms with E-state index >= 15 is 27.2 Å². The highest BCUT2D eigenvalue weighted by Gasteiger charge is 2.80. The average Bonchev–Trinajstić information content (AvgIpc) is 3.60. The van der Waals surface area contributed by atoms with Crippen LogP contribution in [0.5, 0.6) is 0 Å². The van der Waals surface area contributed by atoms with Gasteiger partial charge in [0, 0.05) is 58.2 Å². The lowest BCUT2D eigenvalue weighted by atomic mass is 9.44. The summed E-state index contributed by atoms with van der Waals surface area (Å²) >= 11 is 1.36. The predicted octanol–water partition coefficient (Wildman–Crippen LogP) is 7.98. The minimum absolute atomic E-state index is 0.0506. The zero-order valence-electron chi connectivity index (χ0n) is 38.1. The van der Waals surface area contributed by atoms with Crippen molar-refractivity contribution in [1.82, 2.24) is 0 Å². The van der Waals surface area contributed by atoms with Crippen LogP contribution < -0.4 is 0 Å². The van der Waals surface area contributed by atoms with Crippen molar-refractivity contribution in [2.75, 3.05) is 5.08 Å². The maximum absolute atomic E-state index is 18.0. The van der Waals surface area contributed by atoms with Crippen LogP contribution in [0.3, 0.4) is 0 Å². The van der Waals surface area contributed by atoms with Crippen molar-refractivity contribution in [1.29, 1.82) is 0 Å². The molecule has 0 bridgehead atoms. The number of carbonyl (C=O) groups excluding carboxylic acids is 6. The van der Waals surface area contributed by atoms with Gasteiger partial charge in [-0.05, 0) is 99.7 Å². The number of allylic oxidation sites excluding steroid dienone is 8. The molecule has 6 fully saturated rings. The third-order valence-corrected chi connectivity index (χ3v) is 20.5. The summed E-state index contributed by atoms with van der Waals surface area (Å²) in [5.74, 6) is -7.78. The molecule has 0 unspecified atom stereocenters. The quantitative estimate of drug-likeness (QED) is 0.137. The molecular weight excluding hydrogens is 889 g/mol. The standard InChI is InChI=1S/C49H60F4O10S2/c1-9-38(58)62-48(24(3)15-28-30-19-34(50)32-17-26(54)11-13-42(32,5)46(30,52)36(56)21-44(28,48)7)40(60)64-23-65-41(61)49(63-39(59)10-2)25(4)16-29-31-20-35(51)33-18-27(55)12-14-43(33,6)47(31,53)37(57)22-45(29,49)8/h11-14,17-18,24-25,28-31,34-37,56-57H,9-10,15-16,19-23H2,1-8H3/t24-,25-,28+,29+,30+,31+,34+,35+,36+,37+,42+,43+,44+,45+,46+,47+,48+,49+/m1/s1. The molecule has 356 valence electrons. The minimum atomic E-state index is -2.44. The van der Waals surface area contributed by atoms with Crippen molar-refractivity contribution in [3.05, 3.63) is 47.6 Å². The molecule has 0 spiro atoms. The van der Waals surface area contributed by atoms with Crippen LogP contribution in [0.1, 0.15) is 107 Å². The van der Waals surface area contributed by atoms with Crippen molar-refractivity contribution >= 4 is 57.3 Å². The van der Waals surface area contributed by atoms with Crippen molar-refractivity contribution in [3.8, 4) is 0 Å². The lowest BCUT2D eigenvalue weighted by Crippen LogP contribution is -2.70. The number of aliphatic hydroxyl groups excluding tert-OH is 2. The number of alkyl halides is 4. The van der Waals surface area contributed by atoms with Crippen molar-refractivity contribution in [2.24, 2.45) is 57.2 Å². The second-order valence-electron chi connectivity index (χ2n) is 21.1. The fourth-order valence-corrected chi connectivity index (χ4v) is 17.8. The molecular formula is C49H60F4O10S2. The largest absolute Gasteiger partial charge is 0.449 e. The number of esters is 2. The highest BCUT2D eigenvalue weighted by Crippen LogP contribution is 2.74. The molecule has 0 aromatic carbocycles. The lowest BCUT2D eigenvalue weighted by molar-refractivity contribution is -0.228. The average molecular weight is 949 g/mol. The second-order valence-corrected chi connectivity index (χ2v) is 23.4. The number of hydrogen-bond donors (Lipinski definition) is 2. The summed E-state index contributed by atoms with van der Waals surface area (Å²) < 4.78 is 80.9. The smallest absolute Gasteiger partial charge is 0.306 e. The number of aliphatic hydroxyl groups is 2. The predicted molar refractivity (Wildman–Crippen MR) is 235 cm³/mol. The molecule has 16 heteroatoms. The van der Waals surface area contributed by atoms with Crippen LogP contribution in [0.4, 0.5) is 17.6 Å². The van der Waals surface area contributed by atoms with E-state index in [1.165, 1.54) is 38.2 Å². The molecule has 8 aliphatic rings. The number of halogens is 4. The molecule has 10 nitrogen and oxygen atoms in total. The summed E-state index contributed by atoms with van der Waals surface area (Å²) in [5.41, 5.74) is -15.1. The van der Waals surface area contributed by atoms with E-state index in [0.717, 1.165) is 12.2 Å². The highest BCUT2D eigenvalue weighted by molar-refractivity contribution is 8.29. The van der Waals surface area contributed by atoms with E-state index < -0.39 is 138 Å². The van der Waals surface area contributed by atoms with Crippen LogP contribution in [-0.4, -0.2) is 96.1 Å². The van der Waals surface area contributed by atoms with Crippen LogP contribution in [0.15, 0.2) is 47.6 Å². The Labute approximate surface area is 385 Å². The first-order chi connectivity index (χ1) is 30.2. The molecule has 0 aromatic heterocycles. The summed E-state index contributed by atoms with van der Waals surface area (Å²) in [5, 5.41) is 22.4. The van der Waals surface area contributed by atoms with Gasteiger partial charge >= 0.3 is 11.9 Å². The van der Waals surface area contributed by atoms with Gasteiger partial charge in [-0.15, -0.1) is 0 Å². The SMILES string of the molecule is CCC(=O)O[C@]1(C(=O)SCSC(=O)[C@@]2(OC(=O)CC)[C@H](C)C[C@H]3[C@@H]4C[C@H](F)C5=CC(=O)C=C[C@]5(C)[C@@]4(F)[C@@H](O)C[C@@]32C)[C@H](C)C[C@H]2[C@@H]3C[C@H](F)C4=CC(=O)C=C[C@]4(C)[C@@]3(F)[C@@H](O)C[C@@]21C. The zero-order valence-corrected chi connectivity index (χ0v) is 39.7. The van der Waals surface area contributed by atoms with Crippen LogP contribution in [0.25, 0.3) is 0 Å². The van der Waals surface area contributed by atoms with Gasteiger partial charge in [-0.3, -0.25) is 28.8 Å². The van der Waals surface area contributed by atoms with Gasteiger partial charge < -0.3 is 19.7 Å². The first-order valence-electron chi connectivity index (χ1n) is 23.0. The van der Waals surface area contributed by atoms with E-state index in [0.29, 0.717) is 23.5 Å². The molecule has 0 aromatic rings. The lowest BCUT2D eigenvalue weighted by Gasteiger charge is -2.63. The number of carbonyl (C=O) groups is 6. The summed E-state index contributed by atoms with van der Waals surface area (Å²) in [6.45, 7) is 12.8. The number of rotatable bonds is 8. The van der Waals surface area contributed by atoms with Gasteiger partial charge in [0.1, 0.15) is 12.3 Å². The van der Waals surface area contributed by atoms with E-state index in [1.807, 2.05) is 0 Å². The number of fused-ring (bicyclic) bond motifs is 10. The van der Waals surface area contributed by atoms with Gasteiger partial charge in [-0.25, -0.2) is 17.6 Å². The molecule has 6 saturated carbocycles. The Morgan fingerprint density at radius 1 is 0.646 bits per heavy atom. The summed E-state index contributed by atoms with van der Waals surface area (Å²) in [6, 6.07) is 0. The van der Waals surface area contributed by atoms with E-state index in [9.17, 15) is 29.4 Å². The summed E-state index contributed by atoms with van der Waals surface area (Å²) in [7, 11) is 0. The monoisotopic (exact) mass is 948 g/mol. The summed E-state index contributed by atoms with van der Waals surface area (Å²) in [6.07, 6.45) is -1.22. The van der Waals surface area contributed by atoms with Crippen molar-refractivity contribution in [2.45, 2.75) is 154 Å². The number of hydrogen-bond acceptors (Lipinski definition) is 12. The Kier molecular flexibility index (Phi) is 11.7. The molecule has 65 heavy (non-hydrogen) atoms. The fourth-order valence-electron chi connectivity index (χ4n) is 15.3. The molecule has 2 N–H and O–H groups in total. The molecule has 18 atom stereocenters. The number of ether oxygens (including phenoxy) is 2. The van der Waals surface area contributed by atoms with Crippen molar-refractivity contribution in [3.63, 3.8) is 0 Å². The van der Waals surface area contributed by atoms with Gasteiger partial charge in [0.15, 0.2) is 34.1 Å². The molecule has 0 aliphatic heterocycles. The maximum atomic E-state index is 18.0. The Hall–Kier alpha value is -3.08. The van der Waals surface area contributed by atoms with Crippen LogP contribution >= 0.6 is 23.5 Å². The first kappa shape index (κ1) is 48.4.